The minimum absolute atomic E-state index is 0.00824. The van der Waals surface area contributed by atoms with Gasteiger partial charge in [0.05, 0.1) is 23.6 Å². The number of carbonyl (C=O) groups is 1. The molecule has 0 saturated carbocycles. The first kappa shape index (κ1) is 9.51. The Labute approximate surface area is 85.4 Å². The number of rotatable bonds is 2. The van der Waals surface area contributed by atoms with Crippen molar-refractivity contribution in [2.24, 2.45) is 0 Å². The molecular formula is C10H8FN3O. The molecule has 0 N–H and O–H groups in total. The zero-order chi connectivity index (χ0) is 10.8. The van der Waals surface area contributed by atoms with Gasteiger partial charge in [-0.05, 0) is 6.92 Å². The van der Waals surface area contributed by atoms with Crippen molar-refractivity contribution >= 4 is 6.29 Å². The summed E-state index contributed by atoms with van der Waals surface area (Å²) in [4.78, 5) is 18.5. The highest BCUT2D eigenvalue weighted by Gasteiger charge is 2.11. The van der Waals surface area contributed by atoms with Crippen LogP contribution in [0.15, 0.2) is 24.8 Å². The number of hydrogen-bond acceptors (Lipinski definition) is 3. The summed E-state index contributed by atoms with van der Waals surface area (Å²) in [6.07, 6.45) is 6.15. The number of aromatic nitrogens is 3. The van der Waals surface area contributed by atoms with Gasteiger partial charge in [-0.2, -0.15) is 0 Å². The zero-order valence-electron chi connectivity index (χ0n) is 8.01. The van der Waals surface area contributed by atoms with Crippen LogP contribution in [0.1, 0.15) is 16.2 Å². The number of pyridine rings is 1. The normalized spacial score (nSPS) is 10.3. The molecule has 0 unspecified atom stereocenters. The summed E-state index contributed by atoms with van der Waals surface area (Å²) in [6.45, 7) is 1.76. The molecule has 2 aromatic rings. The van der Waals surface area contributed by atoms with E-state index in [2.05, 4.69) is 9.97 Å². The Morgan fingerprint density at radius 1 is 1.47 bits per heavy atom. The SMILES string of the molecule is Cc1nccn1-c1cncc(F)c1C=O. The van der Waals surface area contributed by atoms with Crippen LogP contribution in [-0.2, 0) is 0 Å². The summed E-state index contributed by atoms with van der Waals surface area (Å²) in [5, 5.41) is 0. The van der Waals surface area contributed by atoms with E-state index >= 15 is 0 Å². The summed E-state index contributed by atoms with van der Waals surface area (Å²) in [6, 6.07) is 0. The molecule has 0 saturated heterocycles. The molecule has 2 aromatic heterocycles. The van der Waals surface area contributed by atoms with Crippen LogP contribution in [0.4, 0.5) is 4.39 Å². The predicted molar refractivity (Wildman–Crippen MR) is 51.4 cm³/mol. The second kappa shape index (κ2) is 3.61. The number of aryl methyl sites for hydroxylation is 1. The van der Waals surface area contributed by atoms with E-state index in [1.165, 1.54) is 6.20 Å². The second-order valence-electron chi connectivity index (χ2n) is 3.02. The molecule has 0 spiro atoms. The van der Waals surface area contributed by atoms with E-state index in [0.717, 1.165) is 6.20 Å². The highest BCUT2D eigenvalue weighted by Crippen LogP contribution is 2.15. The van der Waals surface area contributed by atoms with Crippen LogP contribution >= 0.6 is 0 Å². The molecule has 0 aliphatic carbocycles. The molecule has 0 bridgehead atoms. The Hall–Kier alpha value is -2.04. The predicted octanol–water partition coefficient (Wildman–Crippen LogP) is 1.53. The molecule has 0 fully saturated rings. The van der Waals surface area contributed by atoms with Gasteiger partial charge in [0.1, 0.15) is 5.82 Å². The minimum atomic E-state index is -0.629. The van der Waals surface area contributed by atoms with Crippen molar-refractivity contribution in [1.29, 1.82) is 0 Å². The number of aldehydes is 1. The maximum Gasteiger partial charge on any atom is 0.155 e. The van der Waals surface area contributed by atoms with E-state index in [1.54, 1.807) is 23.9 Å². The first-order valence-electron chi connectivity index (χ1n) is 4.33. The maximum absolute atomic E-state index is 13.2. The fraction of sp³-hybridized carbons (Fsp3) is 0.100. The minimum Gasteiger partial charge on any atom is -0.302 e. The lowest BCUT2D eigenvalue weighted by atomic mass is 10.2. The van der Waals surface area contributed by atoms with Crippen LogP contribution in [0.25, 0.3) is 5.69 Å². The van der Waals surface area contributed by atoms with Crippen molar-refractivity contribution in [3.63, 3.8) is 0 Å². The van der Waals surface area contributed by atoms with Crippen LogP contribution in [0.2, 0.25) is 0 Å². The van der Waals surface area contributed by atoms with Crippen LogP contribution in [0, 0.1) is 12.7 Å². The lowest BCUT2D eigenvalue weighted by Crippen LogP contribution is -2.03. The second-order valence-corrected chi connectivity index (χ2v) is 3.02. The lowest BCUT2D eigenvalue weighted by molar-refractivity contribution is 0.111. The van der Waals surface area contributed by atoms with Crippen molar-refractivity contribution < 1.29 is 9.18 Å². The molecule has 0 radical (unpaired) electrons. The summed E-state index contributed by atoms with van der Waals surface area (Å²) in [5.74, 6) is 0.0427. The quantitative estimate of drug-likeness (QED) is 0.698. The highest BCUT2D eigenvalue weighted by molar-refractivity contribution is 5.80. The Morgan fingerprint density at radius 2 is 2.27 bits per heavy atom. The van der Waals surface area contributed by atoms with E-state index in [9.17, 15) is 9.18 Å². The molecular weight excluding hydrogens is 197 g/mol. The number of imidazole rings is 1. The molecule has 0 amide bonds. The Balaban J connectivity index is 2.68. The molecule has 76 valence electrons. The molecule has 5 heteroatoms. The Morgan fingerprint density at radius 3 is 2.87 bits per heavy atom. The molecule has 2 rings (SSSR count). The first-order chi connectivity index (χ1) is 7.24. The summed E-state index contributed by atoms with van der Waals surface area (Å²) in [7, 11) is 0. The van der Waals surface area contributed by atoms with Gasteiger partial charge in [-0.1, -0.05) is 0 Å². The van der Waals surface area contributed by atoms with Gasteiger partial charge in [-0.25, -0.2) is 9.37 Å². The van der Waals surface area contributed by atoms with E-state index in [0.29, 0.717) is 17.8 Å². The van der Waals surface area contributed by atoms with Gasteiger partial charge >= 0.3 is 0 Å². The van der Waals surface area contributed by atoms with E-state index in [1.807, 2.05) is 0 Å². The summed E-state index contributed by atoms with van der Waals surface area (Å²) in [5.41, 5.74) is 0.395. The smallest absolute Gasteiger partial charge is 0.155 e. The molecule has 0 atom stereocenters. The van der Waals surface area contributed by atoms with E-state index in [-0.39, 0.29) is 5.56 Å². The monoisotopic (exact) mass is 205 g/mol. The summed E-state index contributed by atoms with van der Waals surface area (Å²) >= 11 is 0. The fourth-order valence-corrected chi connectivity index (χ4v) is 1.38. The van der Waals surface area contributed by atoms with Gasteiger partial charge in [0.2, 0.25) is 0 Å². The van der Waals surface area contributed by atoms with Crippen LogP contribution < -0.4 is 0 Å². The highest BCUT2D eigenvalue weighted by atomic mass is 19.1. The molecule has 15 heavy (non-hydrogen) atoms. The summed E-state index contributed by atoms with van der Waals surface area (Å²) < 4.78 is 14.9. The van der Waals surface area contributed by atoms with Gasteiger partial charge in [-0.3, -0.25) is 9.78 Å². The van der Waals surface area contributed by atoms with Gasteiger partial charge in [0.25, 0.3) is 0 Å². The third-order valence-electron chi connectivity index (χ3n) is 2.12. The fourth-order valence-electron chi connectivity index (χ4n) is 1.38. The number of nitrogens with zero attached hydrogens (tertiary/aromatic N) is 3. The van der Waals surface area contributed by atoms with Crippen LogP contribution in [0.3, 0.4) is 0 Å². The molecule has 0 aliphatic rings. The molecule has 0 aliphatic heterocycles. The third kappa shape index (κ3) is 1.52. The van der Waals surface area contributed by atoms with Crippen molar-refractivity contribution in [2.75, 3.05) is 0 Å². The first-order valence-corrected chi connectivity index (χ1v) is 4.33. The largest absolute Gasteiger partial charge is 0.302 e. The molecule has 4 nitrogen and oxygen atoms in total. The number of hydrogen-bond donors (Lipinski definition) is 0. The van der Waals surface area contributed by atoms with Gasteiger partial charge in [-0.15, -0.1) is 0 Å². The average molecular weight is 205 g/mol. The van der Waals surface area contributed by atoms with Crippen molar-refractivity contribution in [3.8, 4) is 5.69 Å². The van der Waals surface area contributed by atoms with Crippen LogP contribution in [-0.4, -0.2) is 20.8 Å². The average Bonchev–Trinajstić information content (AvgIpc) is 2.64. The van der Waals surface area contributed by atoms with Crippen molar-refractivity contribution in [1.82, 2.24) is 14.5 Å². The van der Waals surface area contributed by atoms with Gasteiger partial charge in [0, 0.05) is 12.4 Å². The Bertz CT molecular complexity index is 507. The maximum atomic E-state index is 13.2. The van der Waals surface area contributed by atoms with Gasteiger partial charge in [0.15, 0.2) is 12.1 Å². The third-order valence-corrected chi connectivity index (χ3v) is 2.12. The van der Waals surface area contributed by atoms with Crippen LogP contribution in [0.5, 0.6) is 0 Å². The Kier molecular flexibility index (Phi) is 2.29. The topological polar surface area (TPSA) is 47.8 Å². The van der Waals surface area contributed by atoms with Crippen molar-refractivity contribution in [3.05, 3.63) is 42.0 Å². The number of halogens is 1. The standard InChI is InChI=1S/C10H8FN3O/c1-7-13-2-3-14(7)10-5-12-4-9(11)8(10)6-15/h2-6H,1H3. The van der Waals surface area contributed by atoms with Crippen molar-refractivity contribution in [2.45, 2.75) is 6.92 Å². The number of carbonyl (C=O) groups excluding carboxylic acids is 1. The molecule has 0 aromatic carbocycles. The van der Waals surface area contributed by atoms with E-state index in [4.69, 9.17) is 0 Å². The zero-order valence-corrected chi connectivity index (χ0v) is 8.01. The molecule has 2 heterocycles. The van der Waals surface area contributed by atoms with E-state index < -0.39 is 5.82 Å². The van der Waals surface area contributed by atoms with Gasteiger partial charge < -0.3 is 4.57 Å². The lowest BCUT2D eigenvalue weighted by Gasteiger charge is -2.07.